The first-order chi connectivity index (χ1) is 31.1. The Bertz CT molecular complexity index is 1490. The summed E-state index contributed by atoms with van der Waals surface area (Å²) < 4.78 is 49.3. The van der Waals surface area contributed by atoms with Crippen molar-refractivity contribution in [1.29, 1.82) is 0 Å². The summed E-state index contributed by atoms with van der Waals surface area (Å²) in [6.07, 6.45) is 28.9. The first kappa shape index (κ1) is 60.7. The van der Waals surface area contributed by atoms with E-state index >= 15 is 0 Å². The SMILES string of the molecule is CCC=CCC=CCC=CCC=CCC=CCCCCCC(=O)OC(COC(=O)CCCCCCCCCCCCCCC)COP(=O)(O)OC1C(O)C(O)C(O)C(OP(=O)(O)O)C1O. The van der Waals surface area contributed by atoms with Gasteiger partial charge in [-0.15, -0.1) is 0 Å². The second-order valence-corrected chi connectivity index (χ2v) is 19.1. The molecule has 376 valence electrons. The molecule has 0 aliphatic heterocycles. The Morgan fingerprint density at radius 1 is 0.508 bits per heavy atom. The molecule has 0 radical (unpaired) electrons. The maximum Gasteiger partial charge on any atom is 0.472 e. The highest BCUT2D eigenvalue weighted by atomic mass is 31.2. The normalized spacial score (nSPS) is 22.2. The number of phosphoric ester groups is 2. The van der Waals surface area contributed by atoms with E-state index in [0.29, 0.717) is 12.8 Å². The zero-order valence-corrected chi connectivity index (χ0v) is 40.7. The maximum absolute atomic E-state index is 13.0. The second kappa shape index (κ2) is 37.7. The molecule has 8 atom stereocenters. The number of hydrogen-bond donors (Lipinski definition) is 7. The van der Waals surface area contributed by atoms with E-state index in [1.807, 2.05) is 0 Å². The number of carbonyl (C=O) groups is 2. The summed E-state index contributed by atoms with van der Waals surface area (Å²) in [7, 11) is -10.7. The molecule has 0 heterocycles. The first-order valence-electron chi connectivity index (χ1n) is 23.8. The van der Waals surface area contributed by atoms with Gasteiger partial charge in [-0.05, 0) is 57.8 Å². The van der Waals surface area contributed by atoms with E-state index in [2.05, 4.69) is 79.1 Å². The van der Waals surface area contributed by atoms with Crippen molar-refractivity contribution in [3.63, 3.8) is 0 Å². The van der Waals surface area contributed by atoms with Gasteiger partial charge in [0.15, 0.2) is 6.10 Å². The third kappa shape index (κ3) is 32.2. The summed E-state index contributed by atoms with van der Waals surface area (Å²) in [5.41, 5.74) is 0. The predicted octanol–water partition coefficient (Wildman–Crippen LogP) is 9.06. The van der Waals surface area contributed by atoms with E-state index in [1.54, 1.807) is 0 Å². The fourth-order valence-electron chi connectivity index (χ4n) is 6.93. The highest BCUT2D eigenvalue weighted by molar-refractivity contribution is 7.47. The number of aliphatic hydroxyl groups is 4. The van der Waals surface area contributed by atoms with Crippen LogP contribution < -0.4 is 0 Å². The molecule has 16 nitrogen and oxygen atoms in total. The van der Waals surface area contributed by atoms with Crippen LogP contribution in [-0.2, 0) is 41.8 Å². The van der Waals surface area contributed by atoms with Crippen LogP contribution in [0.25, 0.3) is 0 Å². The predicted molar refractivity (Wildman–Crippen MR) is 250 cm³/mol. The lowest BCUT2D eigenvalue weighted by Gasteiger charge is -2.43. The van der Waals surface area contributed by atoms with Crippen LogP contribution in [-0.4, -0.2) is 103 Å². The van der Waals surface area contributed by atoms with E-state index < -0.39 is 83.5 Å². The number of esters is 2. The molecule has 18 heteroatoms. The molecule has 0 aromatic heterocycles. The number of rotatable bonds is 39. The van der Waals surface area contributed by atoms with Crippen molar-refractivity contribution in [2.24, 2.45) is 0 Å². The molecule has 8 unspecified atom stereocenters. The standard InChI is InChI=1S/C47H82O16P2/c1-3-5-7-9-11-13-15-17-18-19-20-21-22-24-26-28-30-32-34-36-41(49)61-39(37-59-40(48)35-33-31-29-27-25-23-16-14-12-10-8-6-4-2)38-60-65(57,58)63-47-44(52)42(50)43(51)46(45(47)53)62-64(54,55)56/h5,7,11,13,17-18,20-21,24,26,39,42-47,50-53H,3-4,6,8-10,12,14-16,19,22-23,25,27-38H2,1-2H3,(H,57,58)(H2,54,55,56). The van der Waals surface area contributed by atoms with Gasteiger partial charge in [0.2, 0.25) is 0 Å². The summed E-state index contributed by atoms with van der Waals surface area (Å²) in [4.78, 5) is 54.3. The van der Waals surface area contributed by atoms with Gasteiger partial charge >= 0.3 is 27.6 Å². The third-order valence-corrected chi connectivity index (χ3v) is 12.1. The number of allylic oxidation sites excluding steroid dienone is 10. The summed E-state index contributed by atoms with van der Waals surface area (Å²) in [5.74, 6) is -1.24. The second-order valence-electron chi connectivity index (χ2n) is 16.5. The summed E-state index contributed by atoms with van der Waals surface area (Å²) in [6.45, 7) is 2.96. The molecular weight excluding hydrogens is 882 g/mol. The average Bonchev–Trinajstić information content (AvgIpc) is 3.26. The molecule has 7 N–H and O–H groups in total. The minimum Gasteiger partial charge on any atom is -0.462 e. The van der Waals surface area contributed by atoms with Crippen molar-refractivity contribution >= 4 is 27.6 Å². The number of ether oxygens (including phenoxy) is 2. The number of phosphoric acid groups is 2. The monoisotopic (exact) mass is 965 g/mol. The van der Waals surface area contributed by atoms with E-state index in [4.69, 9.17) is 18.5 Å². The molecule has 0 spiro atoms. The minimum absolute atomic E-state index is 0.00396. The van der Waals surface area contributed by atoms with Crippen molar-refractivity contribution in [3.8, 4) is 0 Å². The Hall–Kier alpha value is -2.30. The number of aliphatic hydroxyl groups excluding tert-OH is 4. The van der Waals surface area contributed by atoms with Gasteiger partial charge in [0.1, 0.15) is 43.2 Å². The van der Waals surface area contributed by atoms with Gasteiger partial charge in [0.05, 0.1) is 6.61 Å². The molecule has 1 fully saturated rings. The highest BCUT2D eigenvalue weighted by Gasteiger charge is 2.54. The van der Waals surface area contributed by atoms with Crippen LogP contribution in [0.2, 0.25) is 0 Å². The lowest BCUT2D eigenvalue weighted by Crippen LogP contribution is -2.64. The largest absolute Gasteiger partial charge is 0.472 e. The lowest BCUT2D eigenvalue weighted by molar-refractivity contribution is -0.216. The van der Waals surface area contributed by atoms with Crippen molar-refractivity contribution < 1.29 is 76.9 Å². The van der Waals surface area contributed by atoms with E-state index in [9.17, 15) is 53.8 Å². The fourth-order valence-corrected chi connectivity index (χ4v) is 8.47. The molecule has 65 heavy (non-hydrogen) atoms. The van der Waals surface area contributed by atoms with Crippen molar-refractivity contribution in [2.75, 3.05) is 13.2 Å². The Morgan fingerprint density at radius 2 is 0.938 bits per heavy atom. The lowest BCUT2D eigenvalue weighted by atomic mass is 9.85. The van der Waals surface area contributed by atoms with Gasteiger partial charge in [-0.25, -0.2) is 9.13 Å². The Labute approximate surface area is 388 Å². The molecule has 1 rings (SSSR count). The van der Waals surface area contributed by atoms with Crippen LogP contribution in [0.1, 0.15) is 168 Å². The van der Waals surface area contributed by atoms with Crippen LogP contribution in [0.15, 0.2) is 60.8 Å². The Morgan fingerprint density at radius 3 is 1.43 bits per heavy atom. The smallest absolute Gasteiger partial charge is 0.462 e. The Balaban J connectivity index is 2.61. The number of carbonyl (C=O) groups excluding carboxylic acids is 2. The summed E-state index contributed by atoms with van der Waals surface area (Å²) in [5, 5.41) is 41.2. The van der Waals surface area contributed by atoms with Gasteiger partial charge in [-0.1, -0.05) is 158 Å². The minimum atomic E-state index is -5.37. The van der Waals surface area contributed by atoms with E-state index in [0.717, 1.165) is 77.0 Å². The van der Waals surface area contributed by atoms with Crippen LogP contribution in [0, 0.1) is 0 Å². The number of unbranched alkanes of at least 4 members (excludes halogenated alkanes) is 15. The molecule has 0 aromatic rings. The van der Waals surface area contributed by atoms with Crippen LogP contribution in [0.5, 0.6) is 0 Å². The Kier molecular flexibility index (Phi) is 35.2. The molecular formula is C47H82O16P2. The van der Waals surface area contributed by atoms with E-state index in [1.165, 1.54) is 51.4 Å². The average molecular weight is 965 g/mol. The van der Waals surface area contributed by atoms with Crippen LogP contribution >= 0.6 is 15.6 Å². The number of hydrogen-bond acceptors (Lipinski definition) is 13. The van der Waals surface area contributed by atoms with Crippen LogP contribution in [0.4, 0.5) is 0 Å². The zero-order chi connectivity index (χ0) is 48.2. The van der Waals surface area contributed by atoms with Crippen molar-refractivity contribution in [3.05, 3.63) is 60.8 Å². The van der Waals surface area contributed by atoms with Gasteiger partial charge in [0, 0.05) is 12.8 Å². The van der Waals surface area contributed by atoms with Gasteiger partial charge in [-0.3, -0.25) is 23.2 Å². The van der Waals surface area contributed by atoms with Gasteiger partial charge in [0.25, 0.3) is 0 Å². The maximum atomic E-state index is 13.0. The molecule has 0 saturated heterocycles. The zero-order valence-electron chi connectivity index (χ0n) is 38.9. The molecule has 1 saturated carbocycles. The summed E-state index contributed by atoms with van der Waals surface area (Å²) in [6, 6.07) is 0. The van der Waals surface area contributed by atoms with Gasteiger partial charge in [-0.2, -0.15) is 0 Å². The summed E-state index contributed by atoms with van der Waals surface area (Å²) >= 11 is 0. The van der Waals surface area contributed by atoms with Gasteiger partial charge < -0.3 is 44.6 Å². The topological polar surface area (TPSA) is 256 Å². The fraction of sp³-hybridized carbons (Fsp3) is 0.745. The first-order valence-corrected chi connectivity index (χ1v) is 26.9. The molecule has 0 amide bonds. The molecule has 0 bridgehead atoms. The van der Waals surface area contributed by atoms with Crippen molar-refractivity contribution in [1.82, 2.24) is 0 Å². The van der Waals surface area contributed by atoms with Crippen LogP contribution in [0.3, 0.4) is 0 Å². The van der Waals surface area contributed by atoms with E-state index in [-0.39, 0.29) is 12.8 Å². The molecule has 0 aromatic carbocycles. The highest BCUT2D eigenvalue weighted by Crippen LogP contribution is 2.49. The quantitative estimate of drug-likeness (QED) is 0.0131. The molecule has 1 aliphatic rings. The molecule has 1 aliphatic carbocycles. The third-order valence-electron chi connectivity index (χ3n) is 10.6. The van der Waals surface area contributed by atoms with Crippen molar-refractivity contribution in [2.45, 2.75) is 211 Å².